The first-order valence-corrected chi connectivity index (χ1v) is 9.45. The molecule has 2 atom stereocenters. The van der Waals surface area contributed by atoms with Crippen molar-refractivity contribution in [1.29, 1.82) is 0 Å². The molecule has 2 aromatic rings. The number of nitrogens with one attached hydrogen (secondary N) is 1. The first kappa shape index (κ1) is 26.3. The number of hydrogen-bond acceptors (Lipinski definition) is 8. The van der Waals surface area contributed by atoms with E-state index in [9.17, 15) is 37.7 Å². The fraction of sp³-hybridized carbons (Fsp3) is 0.286. The van der Waals surface area contributed by atoms with Gasteiger partial charge in [0.05, 0.1) is 17.6 Å². The number of benzene rings is 2. The summed E-state index contributed by atoms with van der Waals surface area (Å²) >= 11 is 0. The average Bonchev–Trinajstić information content (AvgIpc) is 2.81. The molecule has 0 radical (unpaired) electrons. The van der Waals surface area contributed by atoms with E-state index in [2.05, 4.69) is 9.47 Å². The third-order valence-electron chi connectivity index (χ3n) is 4.69. The van der Waals surface area contributed by atoms with Crippen LogP contribution in [0.25, 0.3) is 0 Å². The minimum atomic E-state index is -5.23. The zero-order valence-corrected chi connectivity index (χ0v) is 17.8. The number of hydrogen-bond donors (Lipinski definition) is 1. The van der Waals surface area contributed by atoms with Gasteiger partial charge in [-0.2, -0.15) is 13.2 Å². The number of nitro groups is 1. The summed E-state index contributed by atoms with van der Waals surface area (Å²) in [5, 5.41) is 12.6. The van der Waals surface area contributed by atoms with Gasteiger partial charge >= 0.3 is 18.1 Å². The van der Waals surface area contributed by atoms with Crippen LogP contribution in [0.15, 0.2) is 54.6 Å². The number of non-ortho nitro benzene ring substituents is 1. The van der Waals surface area contributed by atoms with Crippen LogP contribution in [0.2, 0.25) is 0 Å². The quantitative estimate of drug-likeness (QED) is 0.326. The number of amides is 1. The predicted molar refractivity (Wildman–Crippen MR) is 109 cm³/mol. The predicted octanol–water partition coefficient (Wildman–Crippen LogP) is 2.51. The summed E-state index contributed by atoms with van der Waals surface area (Å²) in [5.74, 6) is -3.98. The van der Waals surface area contributed by atoms with E-state index in [4.69, 9.17) is 4.74 Å². The molecule has 1 N–H and O–H groups in total. The molecule has 13 heteroatoms. The van der Waals surface area contributed by atoms with Gasteiger partial charge in [0.15, 0.2) is 6.04 Å². The second-order valence-electron chi connectivity index (χ2n) is 6.70. The standard InChI is InChI=1S/C21H19F3N2O8/c1-32-18(28)16(12-34-17(27)13-8-10-15(11-9-13)26(30)31)25-19(29)20(33-2,21(22,23)24)14-6-4-3-5-7-14/h3-11,16H,12H2,1-2H3,(H,25,29)/t16-,20-/m0/s1. The van der Waals surface area contributed by atoms with E-state index in [1.54, 1.807) is 0 Å². The Balaban J connectivity index is 2.26. The number of halogens is 3. The summed E-state index contributed by atoms with van der Waals surface area (Å²) in [6, 6.07) is 8.45. The number of rotatable bonds is 9. The van der Waals surface area contributed by atoms with Gasteiger partial charge in [0.25, 0.3) is 17.2 Å². The summed E-state index contributed by atoms with van der Waals surface area (Å²) in [6.45, 7) is -0.888. The molecule has 0 bridgehead atoms. The van der Waals surface area contributed by atoms with Crippen molar-refractivity contribution in [2.24, 2.45) is 0 Å². The van der Waals surface area contributed by atoms with E-state index in [1.807, 2.05) is 5.32 Å². The molecular weight excluding hydrogens is 465 g/mol. The van der Waals surface area contributed by atoms with Gasteiger partial charge in [0.1, 0.15) is 6.61 Å². The number of ether oxygens (including phenoxy) is 3. The molecule has 0 aromatic heterocycles. The Labute approximate surface area is 190 Å². The summed E-state index contributed by atoms with van der Waals surface area (Å²) in [4.78, 5) is 47.1. The Morgan fingerprint density at radius 2 is 1.62 bits per heavy atom. The van der Waals surface area contributed by atoms with E-state index in [0.29, 0.717) is 7.11 Å². The van der Waals surface area contributed by atoms with Crippen molar-refractivity contribution in [1.82, 2.24) is 5.32 Å². The molecule has 0 aliphatic carbocycles. The minimum absolute atomic E-state index is 0.133. The van der Waals surface area contributed by atoms with Crippen molar-refractivity contribution in [3.8, 4) is 0 Å². The van der Waals surface area contributed by atoms with E-state index in [-0.39, 0.29) is 11.3 Å². The lowest BCUT2D eigenvalue weighted by Crippen LogP contribution is -2.59. The maximum atomic E-state index is 14.0. The highest BCUT2D eigenvalue weighted by molar-refractivity contribution is 5.92. The molecule has 2 aromatic carbocycles. The van der Waals surface area contributed by atoms with Gasteiger partial charge in [-0.3, -0.25) is 14.9 Å². The second kappa shape index (κ2) is 10.7. The molecule has 34 heavy (non-hydrogen) atoms. The number of nitrogens with zero attached hydrogens (tertiary/aromatic N) is 1. The van der Waals surface area contributed by atoms with Crippen molar-refractivity contribution in [2.45, 2.75) is 17.8 Å². The van der Waals surface area contributed by atoms with E-state index < -0.39 is 52.8 Å². The fourth-order valence-electron chi connectivity index (χ4n) is 2.95. The van der Waals surface area contributed by atoms with Gasteiger partial charge in [0, 0.05) is 24.8 Å². The number of esters is 2. The summed E-state index contributed by atoms with van der Waals surface area (Å²) in [6.07, 6.45) is -5.23. The minimum Gasteiger partial charge on any atom is -0.467 e. The van der Waals surface area contributed by atoms with Gasteiger partial charge < -0.3 is 19.5 Å². The molecule has 0 saturated carbocycles. The Morgan fingerprint density at radius 1 is 1.03 bits per heavy atom. The fourth-order valence-corrected chi connectivity index (χ4v) is 2.95. The number of methoxy groups -OCH3 is 2. The molecule has 0 aliphatic rings. The topological polar surface area (TPSA) is 134 Å². The van der Waals surface area contributed by atoms with Crippen LogP contribution in [0.3, 0.4) is 0 Å². The Kier molecular flexibility index (Phi) is 8.30. The second-order valence-corrected chi connectivity index (χ2v) is 6.70. The molecule has 182 valence electrons. The zero-order valence-electron chi connectivity index (χ0n) is 17.8. The smallest absolute Gasteiger partial charge is 0.430 e. The van der Waals surface area contributed by atoms with Gasteiger partial charge in [-0.05, 0) is 12.1 Å². The van der Waals surface area contributed by atoms with Crippen LogP contribution >= 0.6 is 0 Å². The van der Waals surface area contributed by atoms with Crippen LogP contribution in [0.5, 0.6) is 0 Å². The molecule has 0 spiro atoms. The lowest BCUT2D eigenvalue weighted by molar-refractivity contribution is -0.384. The van der Waals surface area contributed by atoms with Crippen molar-refractivity contribution in [3.63, 3.8) is 0 Å². The molecule has 0 unspecified atom stereocenters. The van der Waals surface area contributed by atoms with E-state index in [0.717, 1.165) is 43.5 Å². The normalized spacial score (nSPS) is 13.8. The maximum Gasteiger partial charge on any atom is 0.430 e. The highest BCUT2D eigenvalue weighted by Gasteiger charge is 2.63. The van der Waals surface area contributed by atoms with Gasteiger partial charge in [-0.1, -0.05) is 30.3 Å². The van der Waals surface area contributed by atoms with Crippen molar-refractivity contribution >= 4 is 23.5 Å². The Morgan fingerprint density at radius 3 is 2.09 bits per heavy atom. The maximum absolute atomic E-state index is 14.0. The third kappa shape index (κ3) is 5.49. The number of carbonyl (C=O) groups excluding carboxylic acids is 3. The summed E-state index contributed by atoms with van der Waals surface area (Å²) in [7, 11) is 1.60. The lowest BCUT2D eigenvalue weighted by Gasteiger charge is -2.34. The lowest BCUT2D eigenvalue weighted by atomic mass is 9.91. The molecule has 2 rings (SSSR count). The van der Waals surface area contributed by atoms with Crippen LogP contribution in [-0.4, -0.2) is 55.8 Å². The largest absolute Gasteiger partial charge is 0.467 e. The molecule has 0 saturated heterocycles. The Hall–Kier alpha value is -4.00. The van der Waals surface area contributed by atoms with Crippen LogP contribution in [0.4, 0.5) is 18.9 Å². The first-order valence-electron chi connectivity index (χ1n) is 9.45. The molecule has 0 heterocycles. The molecule has 10 nitrogen and oxygen atoms in total. The average molecular weight is 484 g/mol. The van der Waals surface area contributed by atoms with Crippen molar-refractivity contribution in [3.05, 3.63) is 75.8 Å². The van der Waals surface area contributed by atoms with Crippen LogP contribution in [0.1, 0.15) is 15.9 Å². The van der Waals surface area contributed by atoms with E-state index >= 15 is 0 Å². The molecule has 0 fully saturated rings. The first-order chi connectivity index (χ1) is 16.0. The SMILES string of the molecule is COC(=O)[C@H](COC(=O)c1ccc([N+](=O)[O-])cc1)NC(=O)[C@@](OC)(c1ccccc1)C(F)(F)F. The molecule has 0 aliphatic heterocycles. The zero-order chi connectivity index (χ0) is 25.5. The molecule has 1 amide bonds. The van der Waals surface area contributed by atoms with Crippen LogP contribution in [0, 0.1) is 10.1 Å². The highest BCUT2D eigenvalue weighted by atomic mass is 19.4. The van der Waals surface area contributed by atoms with Crippen LogP contribution in [-0.2, 0) is 29.4 Å². The van der Waals surface area contributed by atoms with Gasteiger partial charge in [-0.15, -0.1) is 0 Å². The number of alkyl halides is 3. The molecular formula is C21H19F3N2O8. The number of carbonyl (C=O) groups is 3. The summed E-state index contributed by atoms with van der Waals surface area (Å²) in [5.41, 5.74) is -4.44. The van der Waals surface area contributed by atoms with Gasteiger partial charge in [0.2, 0.25) is 0 Å². The van der Waals surface area contributed by atoms with E-state index in [1.165, 1.54) is 18.2 Å². The third-order valence-corrected chi connectivity index (χ3v) is 4.69. The summed E-state index contributed by atoms with van der Waals surface area (Å²) < 4.78 is 56.1. The number of nitro benzene ring substituents is 1. The van der Waals surface area contributed by atoms with Gasteiger partial charge in [-0.25, -0.2) is 9.59 Å². The van der Waals surface area contributed by atoms with Crippen LogP contribution < -0.4 is 5.32 Å². The Bertz CT molecular complexity index is 1040. The monoisotopic (exact) mass is 484 g/mol. The van der Waals surface area contributed by atoms with Crippen molar-refractivity contribution < 1.29 is 46.7 Å². The van der Waals surface area contributed by atoms with Crippen molar-refractivity contribution in [2.75, 3.05) is 20.8 Å². The highest BCUT2D eigenvalue weighted by Crippen LogP contribution is 2.42.